The van der Waals surface area contributed by atoms with Crippen molar-refractivity contribution in [1.29, 1.82) is 0 Å². The molecule has 1 fully saturated rings. The molecule has 1 aliphatic rings. The van der Waals surface area contributed by atoms with E-state index in [-0.39, 0.29) is 5.56 Å². The van der Waals surface area contributed by atoms with Gasteiger partial charge in [-0.25, -0.2) is 0 Å². The number of nitrogens with zero attached hydrogens (tertiary/aromatic N) is 1. The van der Waals surface area contributed by atoms with Crippen molar-refractivity contribution in [3.05, 3.63) is 28.7 Å². The molecule has 0 spiro atoms. The molecular formula is C9H12N2O2. The van der Waals surface area contributed by atoms with Gasteiger partial charge in [-0.15, -0.1) is 0 Å². The van der Waals surface area contributed by atoms with E-state index in [4.69, 9.17) is 4.74 Å². The molecule has 2 heterocycles. The van der Waals surface area contributed by atoms with E-state index in [1.807, 2.05) is 6.07 Å². The average molecular weight is 180 g/mol. The largest absolute Gasteiger partial charge is 0.378 e. The summed E-state index contributed by atoms with van der Waals surface area (Å²) in [4.78, 5) is 15.7. The zero-order valence-corrected chi connectivity index (χ0v) is 7.32. The molecule has 0 amide bonds. The standard InChI is InChI=1S/C9H12N2O2/c12-9-2-1-8(7-10-9)11-3-5-13-6-4-11/h1-2,7H,3-6H2,(H,10,12). The molecule has 70 valence electrons. The minimum atomic E-state index is -0.0583. The Morgan fingerprint density at radius 3 is 2.69 bits per heavy atom. The van der Waals surface area contributed by atoms with E-state index in [0.29, 0.717) is 0 Å². The maximum Gasteiger partial charge on any atom is 0.248 e. The highest BCUT2D eigenvalue weighted by molar-refractivity contribution is 5.43. The molecule has 0 aromatic carbocycles. The summed E-state index contributed by atoms with van der Waals surface area (Å²) in [6, 6.07) is 3.38. The number of aromatic nitrogens is 1. The number of anilines is 1. The van der Waals surface area contributed by atoms with Crippen LogP contribution >= 0.6 is 0 Å². The molecule has 4 nitrogen and oxygen atoms in total. The molecule has 0 bridgehead atoms. The van der Waals surface area contributed by atoms with Gasteiger partial charge in [0.1, 0.15) is 0 Å². The summed E-state index contributed by atoms with van der Waals surface area (Å²) in [7, 11) is 0. The number of pyridine rings is 1. The highest BCUT2D eigenvalue weighted by Crippen LogP contribution is 2.11. The summed E-state index contributed by atoms with van der Waals surface area (Å²) in [5.41, 5.74) is 1.000. The maximum absolute atomic E-state index is 10.8. The van der Waals surface area contributed by atoms with Crippen LogP contribution in [0.4, 0.5) is 5.69 Å². The van der Waals surface area contributed by atoms with Crippen molar-refractivity contribution in [1.82, 2.24) is 4.98 Å². The van der Waals surface area contributed by atoms with Crippen molar-refractivity contribution in [2.75, 3.05) is 31.2 Å². The second-order valence-electron chi connectivity index (χ2n) is 3.01. The second kappa shape index (κ2) is 3.62. The Morgan fingerprint density at radius 1 is 1.31 bits per heavy atom. The molecule has 1 aromatic heterocycles. The van der Waals surface area contributed by atoms with Gasteiger partial charge < -0.3 is 14.6 Å². The van der Waals surface area contributed by atoms with Crippen LogP contribution in [0.2, 0.25) is 0 Å². The lowest BCUT2D eigenvalue weighted by Gasteiger charge is -2.28. The van der Waals surface area contributed by atoms with Crippen molar-refractivity contribution in [2.45, 2.75) is 0 Å². The third kappa shape index (κ3) is 1.89. The van der Waals surface area contributed by atoms with Crippen LogP contribution in [0.5, 0.6) is 0 Å². The lowest BCUT2D eigenvalue weighted by molar-refractivity contribution is 0.122. The predicted molar refractivity (Wildman–Crippen MR) is 50.1 cm³/mol. The Balaban J connectivity index is 2.14. The zero-order valence-electron chi connectivity index (χ0n) is 7.32. The third-order valence-corrected chi connectivity index (χ3v) is 2.14. The molecule has 0 saturated carbocycles. The van der Waals surface area contributed by atoms with E-state index in [9.17, 15) is 4.79 Å². The molecule has 1 N–H and O–H groups in total. The molecule has 0 unspecified atom stereocenters. The van der Waals surface area contributed by atoms with Crippen LogP contribution in [0, 0.1) is 0 Å². The van der Waals surface area contributed by atoms with Gasteiger partial charge >= 0.3 is 0 Å². The molecular weight excluding hydrogens is 168 g/mol. The van der Waals surface area contributed by atoms with Crippen molar-refractivity contribution in [3.8, 4) is 0 Å². The van der Waals surface area contributed by atoms with E-state index in [2.05, 4.69) is 9.88 Å². The lowest BCUT2D eigenvalue weighted by atomic mass is 10.3. The molecule has 4 heteroatoms. The fourth-order valence-corrected chi connectivity index (χ4v) is 1.42. The van der Waals surface area contributed by atoms with Crippen LogP contribution in [-0.4, -0.2) is 31.3 Å². The van der Waals surface area contributed by atoms with Crippen LogP contribution < -0.4 is 10.5 Å². The first-order valence-corrected chi connectivity index (χ1v) is 4.38. The number of morpholine rings is 1. The van der Waals surface area contributed by atoms with Crippen LogP contribution in [0.25, 0.3) is 0 Å². The zero-order chi connectivity index (χ0) is 9.10. The second-order valence-corrected chi connectivity index (χ2v) is 3.01. The van der Waals surface area contributed by atoms with Crippen molar-refractivity contribution in [2.24, 2.45) is 0 Å². The first kappa shape index (κ1) is 8.31. The summed E-state index contributed by atoms with van der Waals surface area (Å²) >= 11 is 0. The summed E-state index contributed by atoms with van der Waals surface area (Å²) in [5, 5.41) is 0. The highest BCUT2D eigenvalue weighted by atomic mass is 16.5. The Hall–Kier alpha value is -1.29. The number of ether oxygens (including phenoxy) is 1. The summed E-state index contributed by atoms with van der Waals surface area (Å²) in [5.74, 6) is 0. The van der Waals surface area contributed by atoms with Crippen molar-refractivity contribution >= 4 is 5.69 Å². The maximum atomic E-state index is 10.8. The van der Waals surface area contributed by atoms with Crippen LogP contribution in [0.1, 0.15) is 0 Å². The Labute approximate surface area is 76.1 Å². The first-order valence-electron chi connectivity index (χ1n) is 4.38. The molecule has 1 aromatic rings. The monoisotopic (exact) mass is 180 g/mol. The SMILES string of the molecule is O=c1ccc(N2CCOCC2)c[nH]1. The number of hydrogen-bond acceptors (Lipinski definition) is 3. The first-order chi connectivity index (χ1) is 6.36. The lowest BCUT2D eigenvalue weighted by Crippen LogP contribution is -2.36. The minimum absolute atomic E-state index is 0.0583. The summed E-state index contributed by atoms with van der Waals surface area (Å²) in [6.45, 7) is 3.32. The van der Waals surface area contributed by atoms with Gasteiger partial charge in [0.05, 0.1) is 18.9 Å². The summed E-state index contributed by atoms with van der Waals surface area (Å²) in [6.07, 6.45) is 1.74. The van der Waals surface area contributed by atoms with Crippen molar-refractivity contribution < 1.29 is 4.74 Å². The minimum Gasteiger partial charge on any atom is -0.378 e. The van der Waals surface area contributed by atoms with Crippen molar-refractivity contribution in [3.63, 3.8) is 0 Å². The molecule has 1 saturated heterocycles. The van der Waals surface area contributed by atoms with E-state index in [1.54, 1.807) is 12.3 Å². The number of hydrogen-bond donors (Lipinski definition) is 1. The van der Waals surface area contributed by atoms with Gasteiger partial charge in [-0.3, -0.25) is 4.79 Å². The van der Waals surface area contributed by atoms with E-state index in [1.165, 1.54) is 0 Å². The number of rotatable bonds is 1. The van der Waals surface area contributed by atoms with E-state index < -0.39 is 0 Å². The normalized spacial score (nSPS) is 17.4. The fourth-order valence-electron chi connectivity index (χ4n) is 1.42. The predicted octanol–water partition coefficient (Wildman–Crippen LogP) is 0.211. The van der Waals surface area contributed by atoms with Gasteiger partial charge in [0.2, 0.25) is 5.56 Å². The van der Waals surface area contributed by atoms with Crippen LogP contribution in [-0.2, 0) is 4.74 Å². The van der Waals surface area contributed by atoms with Crippen LogP contribution in [0.3, 0.4) is 0 Å². The highest BCUT2D eigenvalue weighted by Gasteiger charge is 2.10. The Kier molecular flexibility index (Phi) is 2.31. The van der Waals surface area contributed by atoms with E-state index in [0.717, 1.165) is 32.0 Å². The molecule has 2 rings (SSSR count). The fraction of sp³-hybridized carbons (Fsp3) is 0.444. The number of nitrogens with one attached hydrogen (secondary N) is 1. The Morgan fingerprint density at radius 2 is 2.08 bits per heavy atom. The van der Waals surface area contributed by atoms with Gasteiger partial charge in [-0.2, -0.15) is 0 Å². The quantitative estimate of drug-likeness (QED) is 0.672. The van der Waals surface area contributed by atoms with Gasteiger partial charge in [0, 0.05) is 25.4 Å². The topological polar surface area (TPSA) is 45.3 Å². The average Bonchev–Trinajstić information content (AvgIpc) is 2.20. The van der Waals surface area contributed by atoms with Gasteiger partial charge in [-0.1, -0.05) is 0 Å². The van der Waals surface area contributed by atoms with Gasteiger partial charge in [0.25, 0.3) is 0 Å². The Bertz CT molecular complexity index is 308. The number of H-pyrrole nitrogens is 1. The number of aromatic amines is 1. The molecule has 0 aliphatic carbocycles. The van der Waals surface area contributed by atoms with Crippen LogP contribution in [0.15, 0.2) is 23.1 Å². The van der Waals surface area contributed by atoms with Gasteiger partial charge in [-0.05, 0) is 6.07 Å². The molecule has 1 aliphatic heterocycles. The molecule has 0 radical (unpaired) electrons. The van der Waals surface area contributed by atoms with Gasteiger partial charge in [0.15, 0.2) is 0 Å². The van der Waals surface area contributed by atoms with E-state index >= 15 is 0 Å². The molecule has 0 atom stereocenters. The molecule has 13 heavy (non-hydrogen) atoms. The summed E-state index contributed by atoms with van der Waals surface area (Å²) < 4.78 is 5.23. The smallest absolute Gasteiger partial charge is 0.248 e. The third-order valence-electron chi connectivity index (χ3n) is 2.14.